The summed E-state index contributed by atoms with van der Waals surface area (Å²) < 4.78 is 0. The molecule has 0 saturated carbocycles. The van der Waals surface area contributed by atoms with Crippen LogP contribution in [0.3, 0.4) is 0 Å². The lowest BCUT2D eigenvalue weighted by Gasteiger charge is -2.32. The van der Waals surface area contributed by atoms with Gasteiger partial charge in [-0.1, -0.05) is 44.5 Å². The van der Waals surface area contributed by atoms with Crippen molar-refractivity contribution < 1.29 is 0 Å². The molecule has 0 aromatic heterocycles. The average Bonchev–Trinajstić information content (AvgIpc) is 2.33. The molecular formula is C16H25ClN2. The summed E-state index contributed by atoms with van der Waals surface area (Å²) in [4.78, 5) is 4.86. The van der Waals surface area contributed by atoms with E-state index in [9.17, 15) is 0 Å². The van der Waals surface area contributed by atoms with Gasteiger partial charge in [0, 0.05) is 37.7 Å². The van der Waals surface area contributed by atoms with Crippen LogP contribution in [-0.2, 0) is 12.0 Å². The predicted molar refractivity (Wildman–Crippen MR) is 82.9 cm³/mol. The molecule has 0 aliphatic carbocycles. The number of benzene rings is 1. The molecule has 1 aliphatic heterocycles. The van der Waals surface area contributed by atoms with E-state index in [-0.39, 0.29) is 5.41 Å². The second kappa shape index (κ2) is 5.82. The van der Waals surface area contributed by atoms with E-state index in [1.165, 1.54) is 11.1 Å². The van der Waals surface area contributed by atoms with E-state index in [0.717, 1.165) is 37.7 Å². The van der Waals surface area contributed by atoms with E-state index in [1.54, 1.807) is 0 Å². The summed E-state index contributed by atoms with van der Waals surface area (Å²) in [6.07, 6.45) is 0. The maximum absolute atomic E-state index is 6.45. The first-order valence-corrected chi connectivity index (χ1v) is 7.44. The molecule has 1 heterocycles. The van der Waals surface area contributed by atoms with E-state index < -0.39 is 0 Å². The molecular weight excluding hydrogens is 256 g/mol. The first-order valence-electron chi connectivity index (χ1n) is 7.06. The number of hydrogen-bond acceptors (Lipinski definition) is 2. The molecule has 0 amide bonds. The van der Waals surface area contributed by atoms with Crippen molar-refractivity contribution >= 4 is 11.6 Å². The van der Waals surface area contributed by atoms with Crippen LogP contribution in [-0.4, -0.2) is 43.0 Å². The van der Waals surface area contributed by atoms with Gasteiger partial charge in [0.05, 0.1) is 0 Å². The minimum absolute atomic E-state index is 0.163. The van der Waals surface area contributed by atoms with E-state index in [1.807, 2.05) is 0 Å². The van der Waals surface area contributed by atoms with Gasteiger partial charge in [0.25, 0.3) is 0 Å². The van der Waals surface area contributed by atoms with Gasteiger partial charge in [-0.15, -0.1) is 0 Å². The van der Waals surface area contributed by atoms with Crippen molar-refractivity contribution in [3.63, 3.8) is 0 Å². The van der Waals surface area contributed by atoms with Crippen LogP contribution in [0.2, 0.25) is 5.02 Å². The Kier molecular flexibility index (Phi) is 4.54. The monoisotopic (exact) mass is 280 g/mol. The Bertz CT molecular complexity index is 429. The van der Waals surface area contributed by atoms with Gasteiger partial charge in [-0.2, -0.15) is 0 Å². The maximum atomic E-state index is 6.45. The Morgan fingerprint density at radius 1 is 1.11 bits per heavy atom. The van der Waals surface area contributed by atoms with Crippen molar-refractivity contribution in [1.29, 1.82) is 0 Å². The van der Waals surface area contributed by atoms with Crippen molar-refractivity contribution in [3.05, 3.63) is 34.3 Å². The summed E-state index contributed by atoms with van der Waals surface area (Å²) in [7, 11) is 2.18. The summed E-state index contributed by atoms with van der Waals surface area (Å²) in [6, 6.07) is 6.55. The average molecular weight is 281 g/mol. The van der Waals surface area contributed by atoms with Crippen molar-refractivity contribution in [1.82, 2.24) is 9.80 Å². The molecule has 1 fully saturated rings. The predicted octanol–water partition coefficient (Wildman–Crippen LogP) is 3.38. The van der Waals surface area contributed by atoms with E-state index in [0.29, 0.717) is 0 Å². The highest BCUT2D eigenvalue weighted by Gasteiger charge is 2.17. The molecule has 0 N–H and O–H groups in total. The van der Waals surface area contributed by atoms with E-state index in [2.05, 4.69) is 55.8 Å². The Morgan fingerprint density at radius 3 is 2.26 bits per heavy atom. The zero-order chi connectivity index (χ0) is 14.0. The largest absolute Gasteiger partial charge is 0.304 e. The van der Waals surface area contributed by atoms with Gasteiger partial charge >= 0.3 is 0 Å². The lowest BCUT2D eigenvalue weighted by molar-refractivity contribution is 0.148. The molecule has 3 heteroatoms. The van der Waals surface area contributed by atoms with Crippen molar-refractivity contribution in [2.24, 2.45) is 0 Å². The number of piperazine rings is 1. The molecule has 0 atom stereocenters. The molecule has 1 aromatic carbocycles. The molecule has 106 valence electrons. The number of nitrogens with zero attached hydrogens (tertiary/aromatic N) is 2. The smallest absolute Gasteiger partial charge is 0.0453 e. The van der Waals surface area contributed by atoms with Crippen LogP contribution in [0.25, 0.3) is 0 Å². The first-order chi connectivity index (χ1) is 8.86. The van der Waals surface area contributed by atoms with Crippen LogP contribution in [0.15, 0.2) is 18.2 Å². The maximum Gasteiger partial charge on any atom is 0.0453 e. The summed E-state index contributed by atoms with van der Waals surface area (Å²) in [5, 5.41) is 0.909. The number of hydrogen-bond donors (Lipinski definition) is 0. The van der Waals surface area contributed by atoms with Crippen LogP contribution < -0.4 is 0 Å². The van der Waals surface area contributed by atoms with Gasteiger partial charge in [0.1, 0.15) is 0 Å². The third-order valence-corrected chi connectivity index (χ3v) is 4.26. The lowest BCUT2D eigenvalue weighted by atomic mass is 9.86. The van der Waals surface area contributed by atoms with Crippen molar-refractivity contribution in [2.45, 2.75) is 32.7 Å². The van der Waals surface area contributed by atoms with Gasteiger partial charge in [-0.25, -0.2) is 0 Å². The second-order valence-corrected chi connectivity index (χ2v) is 7.04. The van der Waals surface area contributed by atoms with Crippen molar-refractivity contribution in [3.8, 4) is 0 Å². The van der Waals surface area contributed by atoms with E-state index >= 15 is 0 Å². The number of likely N-dealkylation sites (N-methyl/N-ethyl adjacent to an activating group) is 1. The quantitative estimate of drug-likeness (QED) is 0.819. The molecule has 19 heavy (non-hydrogen) atoms. The lowest BCUT2D eigenvalue weighted by Crippen LogP contribution is -2.43. The van der Waals surface area contributed by atoms with Gasteiger partial charge < -0.3 is 4.90 Å². The van der Waals surface area contributed by atoms with Crippen molar-refractivity contribution in [2.75, 3.05) is 33.2 Å². The van der Waals surface area contributed by atoms with Gasteiger partial charge in [-0.3, -0.25) is 4.90 Å². The fourth-order valence-corrected chi connectivity index (χ4v) is 2.63. The van der Waals surface area contributed by atoms with Crippen LogP contribution >= 0.6 is 11.6 Å². The minimum Gasteiger partial charge on any atom is -0.304 e. The highest BCUT2D eigenvalue weighted by atomic mass is 35.5. The Hall–Kier alpha value is -0.570. The highest BCUT2D eigenvalue weighted by Crippen LogP contribution is 2.27. The summed E-state index contributed by atoms with van der Waals surface area (Å²) in [5.41, 5.74) is 2.72. The number of rotatable bonds is 2. The van der Waals surface area contributed by atoms with Gasteiger partial charge in [-0.05, 0) is 29.7 Å². The zero-order valence-corrected chi connectivity index (χ0v) is 13.3. The summed E-state index contributed by atoms with van der Waals surface area (Å²) in [6.45, 7) is 12.2. The Labute approximate surface area is 122 Å². The molecule has 1 aliphatic rings. The minimum atomic E-state index is 0.163. The Morgan fingerprint density at radius 2 is 1.74 bits per heavy atom. The van der Waals surface area contributed by atoms with Gasteiger partial charge in [0.15, 0.2) is 0 Å². The third-order valence-electron chi connectivity index (χ3n) is 3.91. The second-order valence-electron chi connectivity index (χ2n) is 6.64. The zero-order valence-electron chi connectivity index (χ0n) is 12.5. The summed E-state index contributed by atoms with van der Waals surface area (Å²) in [5.74, 6) is 0. The molecule has 2 rings (SSSR count). The van der Waals surface area contributed by atoms with Crippen LogP contribution in [0.1, 0.15) is 31.9 Å². The van der Waals surface area contributed by atoms with Gasteiger partial charge in [0.2, 0.25) is 0 Å². The third kappa shape index (κ3) is 3.95. The molecule has 2 nitrogen and oxygen atoms in total. The fraction of sp³-hybridized carbons (Fsp3) is 0.625. The summed E-state index contributed by atoms with van der Waals surface area (Å²) >= 11 is 6.45. The van der Waals surface area contributed by atoms with Crippen LogP contribution in [0, 0.1) is 0 Å². The molecule has 0 unspecified atom stereocenters. The molecule has 0 bridgehead atoms. The Balaban J connectivity index is 2.05. The van der Waals surface area contributed by atoms with Crippen LogP contribution in [0.5, 0.6) is 0 Å². The molecule has 0 spiro atoms. The topological polar surface area (TPSA) is 6.48 Å². The SMILES string of the molecule is CN1CCN(Cc2ccc(C(C)(C)C)cc2Cl)CC1. The normalized spacial score (nSPS) is 18.8. The highest BCUT2D eigenvalue weighted by molar-refractivity contribution is 6.31. The molecule has 1 aromatic rings. The van der Waals surface area contributed by atoms with Crippen LogP contribution in [0.4, 0.5) is 0 Å². The van der Waals surface area contributed by atoms with E-state index in [4.69, 9.17) is 11.6 Å². The molecule has 0 radical (unpaired) electrons. The fourth-order valence-electron chi connectivity index (χ4n) is 2.39. The number of halogens is 1. The molecule has 1 saturated heterocycles. The standard InChI is InChI=1S/C16H25ClN2/c1-16(2,3)14-6-5-13(15(17)11-14)12-19-9-7-18(4)8-10-19/h5-6,11H,7-10,12H2,1-4H3. The first kappa shape index (κ1) is 14.8.